The smallest absolute Gasteiger partial charge is 0.417 e. The molecule has 2 heterocycles. The summed E-state index contributed by atoms with van der Waals surface area (Å²) < 4.78 is 62.3. The van der Waals surface area contributed by atoms with Crippen LogP contribution < -0.4 is 0 Å². The summed E-state index contributed by atoms with van der Waals surface area (Å²) >= 11 is 0. The van der Waals surface area contributed by atoms with Gasteiger partial charge < -0.3 is 18.6 Å². The van der Waals surface area contributed by atoms with Crippen LogP contribution in [0.4, 0.5) is 13.2 Å². The molecule has 1 aliphatic heterocycles. The summed E-state index contributed by atoms with van der Waals surface area (Å²) in [6.45, 7) is 4.83. The van der Waals surface area contributed by atoms with Gasteiger partial charge in [0, 0.05) is 30.4 Å². The zero-order chi connectivity index (χ0) is 31.3. The van der Waals surface area contributed by atoms with Gasteiger partial charge in [0.2, 0.25) is 0 Å². The molecule has 3 aliphatic rings. The van der Waals surface area contributed by atoms with Crippen LogP contribution >= 0.6 is 0 Å². The van der Waals surface area contributed by atoms with Crippen molar-refractivity contribution >= 4 is 23.7 Å². The molecule has 1 aromatic carbocycles. The Labute approximate surface area is 246 Å². The molecule has 0 unspecified atom stereocenters. The highest BCUT2D eigenvalue weighted by Crippen LogP contribution is 2.65. The van der Waals surface area contributed by atoms with E-state index in [-0.39, 0.29) is 29.9 Å². The zero-order valence-corrected chi connectivity index (χ0v) is 24.1. The van der Waals surface area contributed by atoms with Crippen molar-refractivity contribution in [2.45, 2.75) is 64.8 Å². The van der Waals surface area contributed by atoms with Crippen LogP contribution in [0, 0.1) is 40.4 Å². The van der Waals surface area contributed by atoms with E-state index in [0.29, 0.717) is 18.4 Å². The third kappa shape index (κ3) is 5.21. The van der Waals surface area contributed by atoms with Gasteiger partial charge in [-0.3, -0.25) is 19.2 Å². The molecule has 1 saturated heterocycles. The van der Waals surface area contributed by atoms with Crippen molar-refractivity contribution in [3.05, 3.63) is 59.0 Å². The number of alkyl halides is 3. The number of cyclic esters (lactones) is 1. The molecule has 0 bridgehead atoms. The highest BCUT2D eigenvalue weighted by Gasteiger charge is 2.68. The number of carbonyl (C=O) groups is 4. The fourth-order valence-electron chi connectivity index (χ4n) is 7.63. The van der Waals surface area contributed by atoms with Crippen LogP contribution in [0.2, 0.25) is 0 Å². The summed E-state index contributed by atoms with van der Waals surface area (Å²) in [5, 5.41) is 0. The second kappa shape index (κ2) is 10.9. The number of fused-ring (bicyclic) bond motifs is 3. The predicted octanol–water partition coefficient (Wildman–Crippen LogP) is 5.42. The van der Waals surface area contributed by atoms with Crippen LogP contribution in [-0.2, 0) is 39.6 Å². The minimum Gasteiger partial charge on any atom is -0.469 e. The number of ether oxygens (including phenoxy) is 3. The van der Waals surface area contributed by atoms with Crippen molar-refractivity contribution in [1.82, 2.24) is 0 Å². The Hall–Kier alpha value is -4.07. The lowest BCUT2D eigenvalue weighted by Crippen LogP contribution is -2.64. The molecule has 11 heteroatoms. The molecule has 0 spiro atoms. The first-order chi connectivity index (χ1) is 20.2. The third-order valence-electron chi connectivity index (χ3n) is 9.48. The molecule has 8 nitrogen and oxygen atoms in total. The molecule has 0 radical (unpaired) electrons. The zero-order valence-electron chi connectivity index (χ0n) is 24.1. The lowest BCUT2D eigenvalue weighted by molar-refractivity contribution is -0.210. The molecule has 3 fully saturated rings. The lowest BCUT2D eigenvalue weighted by atomic mass is 9.43. The van der Waals surface area contributed by atoms with Crippen molar-refractivity contribution < 1.29 is 51.0 Å². The highest BCUT2D eigenvalue weighted by atomic mass is 19.4. The van der Waals surface area contributed by atoms with Gasteiger partial charge in [0.05, 0.1) is 30.8 Å². The van der Waals surface area contributed by atoms with E-state index >= 15 is 0 Å². The normalized spacial score (nSPS) is 31.9. The first kappa shape index (κ1) is 30.4. The topological polar surface area (TPSA) is 109 Å². The molecular formula is C32H31F3O8. The Balaban J connectivity index is 1.53. The number of benzene rings is 1. The number of carbonyl (C=O) groups excluding carboxylic acids is 4. The van der Waals surface area contributed by atoms with Crippen molar-refractivity contribution in [1.29, 1.82) is 0 Å². The van der Waals surface area contributed by atoms with Crippen LogP contribution in [0.3, 0.4) is 0 Å². The minimum absolute atomic E-state index is 0.0203. The minimum atomic E-state index is -4.61. The first-order valence-electron chi connectivity index (χ1n) is 14.0. The Kier molecular flexibility index (Phi) is 7.69. The summed E-state index contributed by atoms with van der Waals surface area (Å²) in [5.74, 6) is 0.798. The molecule has 0 amide bonds. The molecule has 7 atom stereocenters. The van der Waals surface area contributed by atoms with E-state index < -0.39 is 70.4 Å². The van der Waals surface area contributed by atoms with E-state index in [2.05, 4.69) is 11.8 Å². The van der Waals surface area contributed by atoms with Gasteiger partial charge in [-0.2, -0.15) is 13.2 Å². The second-order valence-corrected chi connectivity index (χ2v) is 12.0. The van der Waals surface area contributed by atoms with Crippen LogP contribution in [0.15, 0.2) is 41.0 Å². The van der Waals surface area contributed by atoms with Gasteiger partial charge in [0.25, 0.3) is 0 Å². The van der Waals surface area contributed by atoms with Crippen LogP contribution in [0.25, 0.3) is 0 Å². The Morgan fingerprint density at radius 1 is 1.07 bits per heavy atom. The van der Waals surface area contributed by atoms with Gasteiger partial charge in [-0.25, -0.2) is 0 Å². The highest BCUT2D eigenvalue weighted by molar-refractivity contribution is 5.93. The van der Waals surface area contributed by atoms with Gasteiger partial charge >= 0.3 is 24.1 Å². The molecule has 43 heavy (non-hydrogen) atoms. The standard InChI is InChI=1S/C32H31F3O8/c1-17(36)42-24-15-22(28(38)40-4)30(2)13-11-21-29(39)43-25(16-31(21,3)27(30)26(24)37)19-12-14-41-23(19)10-9-18-7-5-6-8-20(18)32(33,34)35/h5-8,12,14,21-22,24-25,27H,11,13,15-16H2,1-4H3/t21-,22-,24-,25-,27-,30-,31-/m0/s1. The number of esters is 3. The van der Waals surface area contributed by atoms with E-state index in [9.17, 15) is 32.3 Å². The first-order valence-corrected chi connectivity index (χ1v) is 14.0. The average molecular weight is 601 g/mol. The fraction of sp³-hybridized carbons (Fsp3) is 0.500. The van der Waals surface area contributed by atoms with Crippen molar-refractivity contribution in [2.75, 3.05) is 7.11 Å². The van der Waals surface area contributed by atoms with Gasteiger partial charge in [-0.1, -0.05) is 31.9 Å². The molecule has 2 aliphatic carbocycles. The lowest BCUT2D eigenvalue weighted by Gasteiger charge is -2.61. The number of Topliss-reactive ketones (excluding diaryl/α,β-unsaturated/α-hetero) is 1. The molecule has 5 rings (SSSR count). The Morgan fingerprint density at radius 2 is 1.79 bits per heavy atom. The maximum absolute atomic E-state index is 14.0. The van der Waals surface area contributed by atoms with Gasteiger partial charge in [0.15, 0.2) is 17.6 Å². The third-order valence-corrected chi connectivity index (χ3v) is 9.48. The van der Waals surface area contributed by atoms with Crippen molar-refractivity contribution in [3.63, 3.8) is 0 Å². The van der Waals surface area contributed by atoms with E-state index in [1.807, 2.05) is 6.92 Å². The van der Waals surface area contributed by atoms with Gasteiger partial charge in [0.1, 0.15) is 6.10 Å². The average Bonchev–Trinajstić information content (AvgIpc) is 3.40. The summed E-state index contributed by atoms with van der Waals surface area (Å²) in [5.41, 5.74) is -2.71. The monoisotopic (exact) mass is 600 g/mol. The number of furan rings is 1. The predicted molar refractivity (Wildman–Crippen MR) is 143 cm³/mol. The number of methoxy groups -OCH3 is 1. The molecule has 228 valence electrons. The number of halogens is 3. The van der Waals surface area contributed by atoms with E-state index in [4.69, 9.17) is 18.6 Å². The van der Waals surface area contributed by atoms with Crippen molar-refractivity contribution in [3.8, 4) is 11.8 Å². The summed E-state index contributed by atoms with van der Waals surface area (Å²) in [6.07, 6.45) is -4.57. The van der Waals surface area contributed by atoms with Gasteiger partial charge in [-0.05, 0) is 54.2 Å². The Bertz CT molecular complexity index is 1530. The fourth-order valence-corrected chi connectivity index (χ4v) is 7.63. The quantitative estimate of drug-likeness (QED) is 0.261. The molecule has 0 N–H and O–H groups in total. The molecule has 2 saturated carbocycles. The Morgan fingerprint density at radius 3 is 2.47 bits per heavy atom. The largest absolute Gasteiger partial charge is 0.469 e. The summed E-state index contributed by atoms with van der Waals surface area (Å²) in [6, 6.07) is 6.43. The van der Waals surface area contributed by atoms with Crippen LogP contribution in [0.5, 0.6) is 0 Å². The van der Waals surface area contributed by atoms with Gasteiger partial charge in [-0.15, -0.1) is 0 Å². The molecule has 2 aromatic rings. The van der Waals surface area contributed by atoms with E-state index in [0.717, 1.165) is 6.07 Å². The number of ketones is 1. The SMILES string of the molecule is COC(=O)[C@@H]1C[C@H](OC(C)=O)C(=O)[C@H]2[C@@]1(C)CC[C@H]1C(=O)O[C@H](c3ccoc3C#Cc3ccccc3C(F)(F)F)C[C@]21C. The van der Waals surface area contributed by atoms with Crippen LogP contribution in [-0.4, -0.2) is 36.9 Å². The number of hydrogen-bond donors (Lipinski definition) is 0. The van der Waals surface area contributed by atoms with Crippen molar-refractivity contribution in [2.24, 2.45) is 28.6 Å². The van der Waals surface area contributed by atoms with E-state index in [1.165, 1.54) is 44.6 Å². The summed E-state index contributed by atoms with van der Waals surface area (Å²) in [7, 11) is 1.26. The summed E-state index contributed by atoms with van der Waals surface area (Å²) in [4.78, 5) is 52.4. The second-order valence-electron chi connectivity index (χ2n) is 12.0. The maximum atomic E-state index is 14.0. The molecule has 1 aromatic heterocycles. The van der Waals surface area contributed by atoms with E-state index in [1.54, 1.807) is 6.92 Å². The number of rotatable bonds is 3. The van der Waals surface area contributed by atoms with Crippen LogP contribution in [0.1, 0.15) is 75.0 Å². The number of hydrogen-bond acceptors (Lipinski definition) is 8. The molecular weight excluding hydrogens is 569 g/mol. The maximum Gasteiger partial charge on any atom is 0.417 e.